The van der Waals surface area contributed by atoms with Crippen LogP contribution in [0.1, 0.15) is 24.8 Å². The van der Waals surface area contributed by atoms with Gasteiger partial charge in [-0.1, -0.05) is 18.2 Å². The van der Waals surface area contributed by atoms with Crippen LogP contribution in [0.3, 0.4) is 0 Å². The lowest BCUT2D eigenvalue weighted by atomic mass is 10.0. The average molecular weight is 552 g/mol. The Balaban J connectivity index is 2.34. The number of hydrogen-bond acceptors (Lipinski definition) is 8. The zero-order chi connectivity index (χ0) is 28.4. The van der Waals surface area contributed by atoms with Gasteiger partial charge in [-0.2, -0.15) is 12.6 Å². The normalized spacial score (nSPS) is 14.1. The summed E-state index contributed by atoms with van der Waals surface area (Å²) in [5, 5.41) is 35.0. The van der Waals surface area contributed by atoms with Gasteiger partial charge in [-0.15, -0.1) is 0 Å². The van der Waals surface area contributed by atoms with Crippen LogP contribution in [0, 0.1) is 0 Å². The molecule has 14 nitrogen and oxygen atoms in total. The Bertz CT molecular complexity index is 1200. The van der Waals surface area contributed by atoms with Crippen molar-refractivity contribution in [3.05, 3.63) is 36.0 Å². The first-order valence-electron chi connectivity index (χ1n) is 11.4. The molecule has 0 fully saturated rings. The van der Waals surface area contributed by atoms with E-state index in [4.69, 9.17) is 15.9 Å². The van der Waals surface area contributed by atoms with Crippen molar-refractivity contribution in [2.24, 2.45) is 5.73 Å². The van der Waals surface area contributed by atoms with Gasteiger partial charge in [-0.3, -0.25) is 24.0 Å². The number of carboxylic acids is 3. The molecule has 4 unspecified atom stereocenters. The highest BCUT2D eigenvalue weighted by Crippen LogP contribution is 2.19. The van der Waals surface area contributed by atoms with E-state index in [1.54, 1.807) is 30.5 Å². The van der Waals surface area contributed by atoms with E-state index in [1.807, 2.05) is 0 Å². The maximum absolute atomic E-state index is 13.1. The molecule has 0 aliphatic heterocycles. The number of aromatic nitrogens is 1. The van der Waals surface area contributed by atoms with Gasteiger partial charge >= 0.3 is 17.9 Å². The fourth-order valence-corrected chi connectivity index (χ4v) is 3.71. The van der Waals surface area contributed by atoms with E-state index in [0.29, 0.717) is 5.56 Å². The second kappa shape index (κ2) is 14.0. The van der Waals surface area contributed by atoms with Gasteiger partial charge < -0.3 is 42.0 Å². The molecule has 9 N–H and O–H groups in total. The van der Waals surface area contributed by atoms with Crippen molar-refractivity contribution in [2.75, 3.05) is 5.75 Å². The molecule has 4 atom stereocenters. The largest absolute Gasteiger partial charge is 0.481 e. The Hall–Kier alpha value is -4.11. The van der Waals surface area contributed by atoms with E-state index in [9.17, 15) is 33.9 Å². The second-order valence-electron chi connectivity index (χ2n) is 8.40. The summed E-state index contributed by atoms with van der Waals surface area (Å²) in [6.07, 6.45) is -0.277. The average Bonchev–Trinajstić information content (AvgIpc) is 3.27. The molecule has 1 aromatic heterocycles. The summed E-state index contributed by atoms with van der Waals surface area (Å²) in [7, 11) is 0. The number of amides is 3. The van der Waals surface area contributed by atoms with Gasteiger partial charge in [0.2, 0.25) is 17.7 Å². The number of carbonyl (C=O) groups is 6. The van der Waals surface area contributed by atoms with Crippen LogP contribution in [-0.4, -0.2) is 85.9 Å². The Kier molecular flexibility index (Phi) is 11.1. The number of rotatable bonds is 15. The molecule has 206 valence electrons. The van der Waals surface area contributed by atoms with Gasteiger partial charge in [0.15, 0.2) is 0 Å². The number of benzene rings is 1. The van der Waals surface area contributed by atoms with Crippen LogP contribution in [0.15, 0.2) is 30.5 Å². The van der Waals surface area contributed by atoms with Gasteiger partial charge in [0.25, 0.3) is 0 Å². The van der Waals surface area contributed by atoms with Crippen LogP contribution in [-0.2, 0) is 35.2 Å². The zero-order valence-electron chi connectivity index (χ0n) is 20.0. The topological polar surface area (TPSA) is 241 Å². The van der Waals surface area contributed by atoms with Crippen LogP contribution in [0.4, 0.5) is 0 Å². The minimum Gasteiger partial charge on any atom is -0.481 e. The predicted octanol–water partition coefficient (Wildman–Crippen LogP) is -1.15. The lowest BCUT2D eigenvalue weighted by molar-refractivity contribution is -0.147. The van der Waals surface area contributed by atoms with E-state index in [0.717, 1.165) is 10.9 Å². The summed E-state index contributed by atoms with van der Waals surface area (Å²) >= 11 is 3.92. The van der Waals surface area contributed by atoms with Crippen molar-refractivity contribution in [2.45, 2.75) is 49.9 Å². The van der Waals surface area contributed by atoms with Crippen LogP contribution < -0.4 is 21.7 Å². The van der Waals surface area contributed by atoms with E-state index < -0.39 is 72.6 Å². The van der Waals surface area contributed by atoms with Crippen molar-refractivity contribution >= 4 is 59.2 Å². The summed E-state index contributed by atoms with van der Waals surface area (Å²) in [6.45, 7) is 0. The number of aliphatic carboxylic acids is 3. The van der Waals surface area contributed by atoms with E-state index in [2.05, 4.69) is 33.6 Å². The number of para-hydroxylation sites is 1. The SMILES string of the molecule is NC(CS)C(=O)NC(CCC(=O)O)C(=O)NC(Cc1c[nH]c2ccccc12)C(=O)NC(CC(=O)O)C(=O)O. The molecular weight excluding hydrogens is 522 g/mol. The maximum Gasteiger partial charge on any atom is 0.326 e. The number of aromatic amines is 1. The molecule has 38 heavy (non-hydrogen) atoms. The summed E-state index contributed by atoms with van der Waals surface area (Å²) in [5.41, 5.74) is 6.94. The Labute approximate surface area is 221 Å². The molecule has 0 bridgehead atoms. The van der Waals surface area contributed by atoms with E-state index in [1.165, 1.54) is 0 Å². The molecule has 0 aliphatic carbocycles. The monoisotopic (exact) mass is 551 g/mol. The molecule has 0 spiro atoms. The van der Waals surface area contributed by atoms with Crippen LogP contribution in [0.2, 0.25) is 0 Å². The van der Waals surface area contributed by atoms with Crippen LogP contribution >= 0.6 is 12.6 Å². The number of carboxylic acid groups (broad SMARTS) is 3. The lowest BCUT2D eigenvalue weighted by Crippen LogP contribution is -2.58. The molecule has 0 radical (unpaired) electrons. The molecule has 0 saturated carbocycles. The highest BCUT2D eigenvalue weighted by Gasteiger charge is 2.32. The smallest absolute Gasteiger partial charge is 0.326 e. The summed E-state index contributed by atoms with van der Waals surface area (Å²) < 4.78 is 0. The third-order valence-corrected chi connectivity index (χ3v) is 5.93. The first-order chi connectivity index (χ1) is 17.9. The summed E-state index contributed by atoms with van der Waals surface area (Å²) in [5.74, 6) is -7.02. The van der Waals surface area contributed by atoms with Gasteiger partial charge in [0, 0.05) is 35.7 Å². The van der Waals surface area contributed by atoms with E-state index >= 15 is 0 Å². The molecule has 0 saturated heterocycles. The van der Waals surface area contributed by atoms with Crippen molar-refractivity contribution in [3.8, 4) is 0 Å². The molecule has 3 amide bonds. The first-order valence-corrected chi connectivity index (χ1v) is 12.0. The Morgan fingerprint density at radius 2 is 1.47 bits per heavy atom. The van der Waals surface area contributed by atoms with Crippen LogP contribution in [0.25, 0.3) is 10.9 Å². The fourth-order valence-electron chi connectivity index (χ4n) is 3.55. The quantitative estimate of drug-likeness (QED) is 0.120. The third kappa shape index (κ3) is 8.77. The van der Waals surface area contributed by atoms with E-state index in [-0.39, 0.29) is 18.6 Å². The molecule has 2 rings (SSSR count). The lowest BCUT2D eigenvalue weighted by Gasteiger charge is -2.24. The molecule has 1 heterocycles. The zero-order valence-corrected chi connectivity index (χ0v) is 20.9. The number of hydrogen-bond donors (Lipinski definition) is 9. The van der Waals surface area contributed by atoms with Gasteiger partial charge in [-0.05, 0) is 18.1 Å². The Morgan fingerprint density at radius 1 is 0.868 bits per heavy atom. The minimum atomic E-state index is -1.78. The van der Waals surface area contributed by atoms with Crippen molar-refractivity contribution in [3.63, 3.8) is 0 Å². The van der Waals surface area contributed by atoms with Gasteiger partial charge in [0.1, 0.15) is 18.1 Å². The molecule has 15 heteroatoms. The van der Waals surface area contributed by atoms with Crippen molar-refractivity contribution < 1.29 is 44.1 Å². The molecular formula is C23H29N5O9S. The number of nitrogens with one attached hydrogen (secondary N) is 4. The van der Waals surface area contributed by atoms with Gasteiger partial charge in [0.05, 0.1) is 12.5 Å². The number of H-pyrrole nitrogens is 1. The third-order valence-electron chi connectivity index (χ3n) is 5.54. The van der Waals surface area contributed by atoms with Crippen molar-refractivity contribution in [1.82, 2.24) is 20.9 Å². The van der Waals surface area contributed by atoms with Gasteiger partial charge in [-0.25, -0.2) is 4.79 Å². The summed E-state index contributed by atoms with van der Waals surface area (Å²) in [6, 6.07) is 1.40. The minimum absolute atomic E-state index is 0.0507. The second-order valence-corrected chi connectivity index (χ2v) is 8.77. The van der Waals surface area contributed by atoms with Crippen LogP contribution in [0.5, 0.6) is 0 Å². The highest BCUT2D eigenvalue weighted by atomic mass is 32.1. The fraction of sp³-hybridized carbons (Fsp3) is 0.391. The van der Waals surface area contributed by atoms with Crippen molar-refractivity contribution in [1.29, 1.82) is 0 Å². The standard InChI is InChI=1S/C23H29N5O9S/c24-13(10-38)20(33)26-15(5-6-18(29)30)21(34)27-16(22(35)28-17(23(36)37)8-19(31)32)7-11-9-25-14-4-2-1-3-12(11)14/h1-4,9,13,15-17,25,38H,5-8,10,24H2,(H,26,33)(H,27,34)(H,28,35)(H,29,30)(H,31,32)(H,36,37). The number of carbonyl (C=O) groups excluding carboxylic acids is 3. The number of nitrogens with two attached hydrogens (primary N) is 1. The number of thiol groups is 1. The summed E-state index contributed by atoms with van der Waals surface area (Å²) in [4.78, 5) is 75.1. The number of fused-ring (bicyclic) bond motifs is 1. The molecule has 2 aromatic rings. The maximum atomic E-state index is 13.1. The predicted molar refractivity (Wildman–Crippen MR) is 136 cm³/mol. The Morgan fingerprint density at radius 3 is 2.08 bits per heavy atom. The molecule has 0 aliphatic rings. The highest BCUT2D eigenvalue weighted by molar-refractivity contribution is 7.80. The molecule has 1 aromatic carbocycles. The first kappa shape index (κ1) is 30.1.